The summed E-state index contributed by atoms with van der Waals surface area (Å²) in [6.45, 7) is 5.91. The number of amides is 1. The predicted octanol–water partition coefficient (Wildman–Crippen LogP) is 2.81. The van der Waals surface area contributed by atoms with E-state index >= 15 is 0 Å². The van der Waals surface area contributed by atoms with Crippen molar-refractivity contribution in [1.29, 1.82) is 0 Å². The van der Waals surface area contributed by atoms with Crippen molar-refractivity contribution < 1.29 is 17.9 Å². The van der Waals surface area contributed by atoms with Crippen molar-refractivity contribution in [3.63, 3.8) is 0 Å². The highest BCUT2D eigenvalue weighted by Gasteiger charge is 2.31. The zero-order chi connectivity index (χ0) is 19.9. The number of ether oxygens (including phenoxy) is 1. The van der Waals surface area contributed by atoms with E-state index in [2.05, 4.69) is 5.32 Å². The Morgan fingerprint density at radius 1 is 1.33 bits per heavy atom. The van der Waals surface area contributed by atoms with Gasteiger partial charge in [0.25, 0.3) is 0 Å². The summed E-state index contributed by atoms with van der Waals surface area (Å²) in [5, 5.41) is 3.45. The van der Waals surface area contributed by atoms with Gasteiger partial charge < -0.3 is 10.1 Å². The summed E-state index contributed by atoms with van der Waals surface area (Å²) >= 11 is 5.93. The number of carbonyl (C=O) groups is 1. The molecule has 0 aromatic heterocycles. The SMILES string of the molecule is CC(C)OCCCNC(=O)C1CCN(S(=O)(=O)Cc2cccc(Cl)c2)CC1. The van der Waals surface area contributed by atoms with Gasteiger partial charge >= 0.3 is 0 Å². The molecule has 1 saturated heterocycles. The van der Waals surface area contributed by atoms with Crippen molar-refractivity contribution in [3.8, 4) is 0 Å². The van der Waals surface area contributed by atoms with Crippen LogP contribution < -0.4 is 5.32 Å². The molecule has 1 N–H and O–H groups in total. The van der Waals surface area contributed by atoms with Gasteiger partial charge in [-0.3, -0.25) is 4.79 Å². The van der Waals surface area contributed by atoms with Crippen LogP contribution in [0.5, 0.6) is 0 Å². The van der Waals surface area contributed by atoms with E-state index in [-0.39, 0.29) is 23.7 Å². The van der Waals surface area contributed by atoms with Gasteiger partial charge in [0, 0.05) is 37.2 Å². The Labute approximate surface area is 167 Å². The van der Waals surface area contributed by atoms with Gasteiger partial charge in [0.15, 0.2) is 0 Å². The average molecular weight is 417 g/mol. The van der Waals surface area contributed by atoms with Gasteiger partial charge in [-0.25, -0.2) is 12.7 Å². The van der Waals surface area contributed by atoms with Gasteiger partial charge in [0.2, 0.25) is 15.9 Å². The van der Waals surface area contributed by atoms with Crippen LogP contribution in [-0.2, 0) is 25.3 Å². The highest BCUT2D eigenvalue weighted by molar-refractivity contribution is 7.88. The van der Waals surface area contributed by atoms with Crippen LogP contribution in [0.25, 0.3) is 0 Å². The Morgan fingerprint density at radius 3 is 2.67 bits per heavy atom. The molecule has 27 heavy (non-hydrogen) atoms. The minimum Gasteiger partial charge on any atom is -0.379 e. The molecule has 0 radical (unpaired) electrons. The highest BCUT2D eigenvalue weighted by atomic mass is 35.5. The molecule has 1 aliphatic rings. The number of carbonyl (C=O) groups excluding carboxylic acids is 1. The maximum atomic E-state index is 12.6. The Kier molecular flexibility index (Phi) is 8.54. The van der Waals surface area contributed by atoms with Crippen LogP contribution in [-0.4, -0.2) is 51.0 Å². The molecule has 0 unspecified atom stereocenters. The van der Waals surface area contributed by atoms with Crippen LogP contribution in [0, 0.1) is 5.92 Å². The molecule has 0 aliphatic carbocycles. The van der Waals surface area contributed by atoms with Crippen molar-refractivity contribution in [2.24, 2.45) is 5.92 Å². The van der Waals surface area contributed by atoms with E-state index in [0.29, 0.717) is 49.7 Å². The van der Waals surface area contributed by atoms with E-state index in [9.17, 15) is 13.2 Å². The normalized spacial score (nSPS) is 16.6. The zero-order valence-corrected chi connectivity index (χ0v) is 17.6. The van der Waals surface area contributed by atoms with Crippen molar-refractivity contribution in [3.05, 3.63) is 34.9 Å². The van der Waals surface area contributed by atoms with Gasteiger partial charge in [-0.2, -0.15) is 0 Å². The van der Waals surface area contributed by atoms with Gasteiger partial charge in [0.1, 0.15) is 0 Å². The first-order valence-corrected chi connectivity index (χ1v) is 11.4. The lowest BCUT2D eigenvalue weighted by Crippen LogP contribution is -2.43. The molecular weight excluding hydrogens is 388 g/mol. The number of benzene rings is 1. The largest absolute Gasteiger partial charge is 0.379 e. The second-order valence-electron chi connectivity index (χ2n) is 7.12. The number of hydrogen-bond acceptors (Lipinski definition) is 4. The molecule has 6 nitrogen and oxygen atoms in total. The Hall–Kier alpha value is -1.15. The van der Waals surface area contributed by atoms with E-state index < -0.39 is 10.0 Å². The number of hydrogen-bond donors (Lipinski definition) is 1. The molecule has 1 aliphatic heterocycles. The van der Waals surface area contributed by atoms with E-state index in [1.165, 1.54) is 4.31 Å². The van der Waals surface area contributed by atoms with Crippen LogP contribution >= 0.6 is 11.6 Å². The molecule has 8 heteroatoms. The van der Waals surface area contributed by atoms with Crippen LogP contribution in [0.4, 0.5) is 0 Å². The van der Waals surface area contributed by atoms with Crippen molar-refractivity contribution >= 4 is 27.5 Å². The second-order valence-corrected chi connectivity index (χ2v) is 9.53. The number of nitrogens with one attached hydrogen (secondary N) is 1. The molecule has 1 fully saturated rings. The van der Waals surface area contributed by atoms with E-state index in [1.807, 2.05) is 13.8 Å². The first kappa shape index (κ1) is 22.1. The summed E-state index contributed by atoms with van der Waals surface area (Å²) in [5.74, 6) is -0.194. The monoisotopic (exact) mass is 416 g/mol. The molecule has 1 aromatic rings. The summed E-state index contributed by atoms with van der Waals surface area (Å²) in [6, 6.07) is 6.89. The summed E-state index contributed by atoms with van der Waals surface area (Å²) < 4.78 is 32.1. The predicted molar refractivity (Wildman–Crippen MR) is 107 cm³/mol. The second kappa shape index (κ2) is 10.4. The maximum Gasteiger partial charge on any atom is 0.223 e. The Bertz CT molecular complexity index is 716. The number of halogens is 1. The molecule has 1 aromatic carbocycles. The number of nitrogens with zero attached hydrogens (tertiary/aromatic N) is 1. The fourth-order valence-corrected chi connectivity index (χ4v) is 4.84. The van der Waals surface area contributed by atoms with Crippen LogP contribution in [0.15, 0.2) is 24.3 Å². The minimum absolute atomic E-state index is 0.00596. The number of rotatable bonds is 9. The van der Waals surface area contributed by atoms with E-state index in [1.54, 1.807) is 24.3 Å². The first-order valence-electron chi connectivity index (χ1n) is 9.39. The molecule has 152 valence electrons. The van der Waals surface area contributed by atoms with E-state index in [4.69, 9.17) is 16.3 Å². The fourth-order valence-electron chi connectivity index (χ4n) is 3.07. The summed E-state index contributed by atoms with van der Waals surface area (Å²) in [4.78, 5) is 12.2. The third kappa shape index (κ3) is 7.41. The van der Waals surface area contributed by atoms with Crippen LogP contribution in [0.3, 0.4) is 0 Å². The summed E-state index contributed by atoms with van der Waals surface area (Å²) in [5.41, 5.74) is 0.672. The summed E-state index contributed by atoms with van der Waals surface area (Å²) in [7, 11) is -3.41. The van der Waals surface area contributed by atoms with Gasteiger partial charge in [-0.05, 0) is 50.8 Å². The molecule has 1 heterocycles. The number of sulfonamides is 1. The third-order valence-corrected chi connectivity index (χ3v) is 6.61. The molecule has 2 rings (SSSR count). The Morgan fingerprint density at radius 2 is 2.04 bits per heavy atom. The van der Waals surface area contributed by atoms with Crippen LogP contribution in [0.1, 0.15) is 38.7 Å². The smallest absolute Gasteiger partial charge is 0.223 e. The first-order chi connectivity index (χ1) is 12.8. The van der Waals surface area contributed by atoms with Crippen molar-refractivity contribution in [2.45, 2.75) is 45.0 Å². The van der Waals surface area contributed by atoms with Gasteiger partial charge in [-0.15, -0.1) is 0 Å². The maximum absolute atomic E-state index is 12.6. The molecule has 1 amide bonds. The third-order valence-electron chi connectivity index (χ3n) is 4.53. The highest BCUT2D eigenvalue weighted by Crippen LogP contribution is 2.22. The molecule has 0 saturated carbocycles. The number of piperidine rings is 1. The van der Waals surface area contributed by atoms with Crippen molar-refractivity contribution in [2.75, 3.05) is 26.2 Å². The van der Waals surface area contributed by atoms with Gasteiger partial charge in [-0.1, -0.05) is 23.7 Å². The lowest BCUT2D eigenvalue weighted by atomic mass is 9.97. The Balaban J connectivity index is 1.76. The quantitative estimate of drug-likeness (QED) is 0.628. The van der Waals surface area contributed by atoms with E-state index in [0.717, 1.165) is 6.42 Å². The summed E-state index contributed by atoms with van der Waals surface area (Å²) in [6.07, 6.45) is 2.06. The fraction of sp³-hybridized carbons (Fsp3) is 0.632. The average Bonchev–Trinajstić information content (AvgIpc) is 2.61. The standard InChI is InChI=1S/C19H29ClN2O4S/c1-15(2)26-12-4-9-21-19(23)17-7-10-22(11-8-17)27(24,25)14-16-5-3-6-18(20)13-16/h3,5-6,13,15,17H,4,7-12,14H2,1-2H3,(H,21,23). The lowest BCUT2D eigenvalue weighted by molar-refractivity contribution is -0.126. The van der Waals surface area contributed by atoms with Crippen molar-refractivity contribution in [1.82, 2.24) is 9.62 Å². The lowest BCUT2D eigenvalue weighted by Gasteiger charge is -2.30. The topological polar surface area (TPSA) is 75.7 Å². The van der Waals surface area contributed by atoms with Crippen LogP contribution in [0.2, 0.25) is 5.02 Å². The minimum atomic E-state index is -3.41. The molecule has 0 bridgehead atoms. The molecule has 0 spiro atoms. The van der Waals surface area contributed by atoms with Gasteiger partial charge in [0.05, 0.1) is 11.9 Å². The molecule has 0 atom stereocenters. The zero-order valence-electron chi connectivity index (χ0n) is 16.0. The molecular formula is C19H29ClN2O4S.